The van der Waals surface area contributed by atoms with Gasteiger partial charge in [-0.15, -0.1) is 0 Å². The first-order valence-corrected chi connectivity index (χ1v) is 9.44. The molecule has 2 aromatic heterocycles. The fourth-order valence-electron chi connectivity index (χ4n) is 3.00. The molecule has 2 aromatic carbocycles. The van der Waals surface area contributed by atoms with Crippen LogP contribution in [0.4, 0.5) is 17.2 Å². The third kappa shape index (κ3) is 4.21. The highest BCUT2D eigenvalue weighted by molar-refractivity contribution is 6.07. The maximum atomic E-state index is 12.6. The van der Waals surface area contributed by atoms with E-state index >= 15 is 0 Å². The van der Waals surface area contributed by atoms with E-state index in [0.717, 1.165) is 16.6 Å². The van der Waals surface area contributed by atoms with E-state index in [-0.39, 0.29) is 11.6 Å². The van der Waals surface area contributed by atoms with Crippen molar-refractivity contribution in [2.45, 2.75) is 19.8 Å². The molecule has 0 aliphatic rings. The lowest BCUT2D eigenvalue weighted by atomic mass is 10.0. The minimum Gasteiger partial charge on any atom is -0.339 e. The van der Waals surface area contributed by atoms with Crippen molar-refractivity contribution in [2.75, 3.05) is 10.6 Å². The zero-order valence-corrected chi connectivity index (χ0v) is 16.3. The molecule has 0 radical (unpaired) electrons. The van der Waals surface area contributed by atoms with E-state index in [4.69, 9.17) is 0 Å². The summed E-state index contributed by atoms with van der Waals surface area (Å²) in [5, 5.41) is 7.02. The Kier molecular flexibility index (Phi) is 5.16. The Balaban J connectivity index is 1.46. The minimum atomic E-state index is -0.330. The van der Waals surface area contributed by atoms with Gasteiger partial charge in [-0.1, -0.05) is 44.2 Å². The molecule has 144 valence electrons. The Hall–Kier alpha value is -3.80. The van der Waals surface area contributed by atoms with Gasteiger partial charge in [0, 0.05) is 17.3 Å². The van der Waals surface area contributed by atoms with Gasteiger partial charge in [-0.2, -0.15) is 0 Å². The Morgan fingerprint density at radius 3 is 2.41 bits per heavy atom. The molecule has 0 aliphatic heterocycles. The number of fused-ring (bicyclic) bond motifs is 1. The largest absolute Gasteiger partial charge is 0.339 e. The molecule has 4 rings (SSSR count). The van der Waals surface area contributed by atoms with E-state index in [1.165, 1.54) is 11.8 Å². The van der Waals surface area contributed by atoms with Gasteiger partial charge >= 0.3 is 0 Å². The van der Waals surface area contributed by atoms with E-state index < -0.39 is 0 Å². The first-order chi connectivity index (χ1) is 14.1. The minimum absolute atomic E-state index is 0.235. The number of aromatic nitrogens is 3. The van der Waals surface area contributed by atoms with Gasteiger partial charge in [0.15, 0.2) is 0 Å². The van der Waals surface area contributed by atoms with Crippen LogP contribution in [0.5, 0.6) is 0 Å². The maximum absolute atomic E-state index is 12.6. The summed E-state index contributed by atoms with van der Waals surface area (Å²) in [6.45, 7) is 4.32. The number of carbonyl (C=O) groups is 1. The second kappa shape index (κ2) is 8.06. The lowest BCUT2D eigenvalue weighted by Crippen LogP contribution is -2.14. The SMILES string of the molecule is CC(C)c1ccc(Nc2cnc(C(=O)Nc3cccc4cccnc34)cn2)cc1. The van der Waals surface area contributed by atoms with Gasteiger partial charge in [-0.05, 0) is 35.7 Å². The fourth-order valence-corrected chi connectivity index (χ4v) is 3.00. The topological polar surface area (TPSA) is 79.8 Å². The van der Waals surface area contributed by atoms with E-state index in [9.17, 15) is 4.79 Å². The lowest BCUT2D eigenvalue weighted by molar-refractivity contribution is 0.102. The second-order valence-electron chi connectivity index (χ2n) is 7.02. The number of nitrogens with zero attached hydrogens (tertiary/aromatic N) is 3. The van der Waals surface area contributed by atoms with Crippen molar-refractivity contribution in [1.82, 2.24) is 15.0 Å². The summed E-state index contributed by atoms with van der Waals surface area (Å²) in [7, 11) is 0. The molecule has 0 atom stereocenters. The Labute approximate surface area is 169 Å². The van der Waals surface area contributed by atoms with Gasteiger partial charge in [-0.25, -0.2) is 9.97 Å². The van der Waals surface area contributed by atoms with Gasteiger partial charge in [0.2, 0.25) is 0 Å². The van der Waals surface area contributed by atoms with Crippen LogP contribution in [0.15, 0.2) is 73.2 Å². The van der Waals surface area contributed by atoms with E-state index in [1.807, 2.05) is 42.5 Å². The second-order valence-corrected chi connectivity index (χ2v) is 7.02. The summed E-state index contributed by atoms with van der Waals surface area (Å²) in [4.78, 5) is 25.5. The molecule has 2 N–H and O–H groups in total. The highest BCUT2D eigenvalue weighted by Crippen LogP contribution is 2.22. The van der Waals surface area contributed by atoms with Crippen LogP contribution in [0, 0.1) is 0 Å². The normalized spacial score (nSPS) is 10.9. The zero-order chi connectivity index (χ0) is 20.2. The number of amides is 1. The number of hydrogen-bond acceptors (Lipinski definition) is 5. The number of nitrogens with one attached hydrogen (secondary N) is 2. The van der Waals surface area contributed by atoms with Crippen molar-refractivity contribution in [2.24, 2.45) is 0 Å². The third-order valence-corrected chi connectivity index (χ3v) is 4.62. The molecule has 29 heavy (non-hydrogen) atoms. The van der Waals surface area contributed by atoms with Crippen molar-refractivity contribution < 1.29 is 4.79 Å². The molecule has 4 aromatic rings. The molecule has 0 unspecified atom stereocenters. The first kappa shape index (κ1) is 18.6. The van der Waals surface area contributed by atoms with Gasteiger partial charge < -0.3 is 10.6 Å². The predicted octanol–water partition coefficient (Wildman–Crippen LogP) is 5.14. The molecule has 0 spiro atoms. The molecule has 0 aliphatic carbocycles. The molecular weight excluding hydrogens is 362 g/mol. The van der Waals surface area contributed by atoms with Gasteiger partial charge in [0.05, 0.1) is 23.6 Å². The van der Waals surface area contributed by atoms with Crippen molar-refractivity contribution in [1.29, 1.82) is 0 Å². The highest BCUT2D eigenvalue weighted by Gasteiger charge is 2.11. The van der Waals surface area contributed by atoms with Crippen LogP contribution >= 0.6 is 0 Å². The van der Waals surface area contributed by atoms with E-state index in [1.54, 1.807) is 12.4 Å². The summed E-state index contributed by atoms with van der Waals surface area (Å²) in [5.41, 5.74) is 3.81. The highest BCUT2D eigenvalue weighted by atomic mass is 16.1. The number of hydrogen-bond donors (Lipinski definition) is 2. The van der Waals surface area contributed by atoms with Crippen LogP contribution in [-0.4, -0.2) is 20.9 Å². The average Bonchev–Trinajstić information content (AvgIpc) is 2.75. The van der Waals surface area contributed by atoms with Crippen LogP contribution in [0.2, 0.25) is 0 Å². The quantitative estimate of drug-likeness (QED) is 0.498. The molecule has 1 amide bonds. The molecule has 6 nitrogen and oxygen atoms in total. The van der Waals surface area contributed by atoms with E-state index in [0.29, 0.717) is 17.4 Å². The third-order valence-electron chi connectivity index (χ3n) is 4.62. The lowest BCUT2D eigenvalue weighted by Gasteiger charge is -2.09. The number of pyridine rings is 1. The monoisotopic (exact) mass is 383 g/mol. The molecule has 0 bridgehead atoms. The fraction of sp³-hybridized carbons (Fsp3) is 0.130. The van der Waals surface area contributed by atoms with Gasteiger partial charge in [-0.3, -0.25) is 9.78 Å². The smallest absolute Gasteiger partial charge is 0.275 e. The Morgan fingerprint density at radius 2 is 1.69 bits per heavy atom. The summed E-state index contributed by atoms with van der Waals surface area (Å²) in [5.74, 6) is 0.729. The van der Waals surface area contributed by atoms with Crippen LogP contribution in [0.25, 0.3) is 10.9 Å². The molecule has 0 saturated heterocycles. The number of benzene rings is 2. The molecule has 0 fully saturated rings. The number of carbonyl (C=O) groups excluding carboxylic acids is 1. The number of anilines is 3. The maximum Gasteiger partial charge on any atom is 0.275 e. The van der Waals surface area contributed by atoms with Crippen LogP contribution in [0.3, 0.4) is 0 Å². The first-order valence-electron chi connectivity index (χ1n) is 9.44. The molecule has 2 heterocycles. The Bertz CT molecular complexity index is 1130. The number of para-hydroxylation sites is 1. The van der Waals surface area contributed by atoms with Crippen molar-refractivity contribution in [3.05, 3.63) is 84.4 Å². The Morgan fingerprint density at radius 1 is 0.897 bits per heavy atom. The average molecular weight is 383 g/mol. The summed E-state index contributed by atoms with van der Waals surface area (Å²) >= 11 is 0. The summed E-state index contributed by atoms with van der Waals surface area (Å²) < 4.78 is 0. The molecule has 0 saturated carbocycles. The van der Waals surface area contributed by atoms with E-state index in [2.05, 4.69) is 51.6 Å². The molecular formula is C23H21N5O. The van der Waals surface area contributed by atoms with Crippen LogP contribution in [-0.2, 0) is 0 Å². The van der Waals surface area contributed by atoms with Crippen molar-refractivity contribution in [3.8, 4) is 0 Å². The van der Waals surface area contributed by atoms with Crippen LogP contribution < -0.4 is 10.6 Å². The predicted molar refractivity (Wildman–Crippen MR) is 116 cm³/mol. The van der Waals surface area contributed by atoms with Crippen LogP contribution in [0.1, 0.15) is 35.8 Å². The van der Waals surface area contributed by atoms with Gasteiger partial charge in [0.25, 0.3) is 5.91 Å². The summed E-state index contributed by atoms with van der Waals surface area (Å²) in [6, 6.07) is 17.6. The number of rotatable bonds is 5. The van der Waals surface area contributed by atoms with Crippen molar-refractivity contribution >= 4 is 34.0 Å². The standard InChI is InChI=1S/C23H21N5O/c1-15(2)16-8-10-18(11-9-16)27-21-14-25-20(13-26-21)23(29)28-19-7-3-5-17-6-4-12-24-22(17)19/h3-15H,1-2H3,(H,26,27)(H,28,29). The van der Waals surface area contributed by atoms with Crippen molar-refractivity contribution in [3.63, 3.8) is 0 Å². The molecule has 6 heteroatoms. The van der Waals surface area contributed by atoms with Gasteiger partial charge in [0.1, 0.15) is 11.5 Å². The summed E-state index contributed by atoms with van der Waals surface area (Å²) in [6.07, 6.45) is 4.71. The zero-order valence-electron chi connectivity index (χ0n) is 16.3.